The van der Waals surface area contributed by atoms with E-state index in [-0.39, 0.29) is 6.54 Å². The standard InChI is InChI=1S/C16H23F3N2O3/c1-3-13(10-22)21(11-16(17,18)19)9-15(23)20-8-12-5-4-6-14(7-12)24-2/h4-7,13,22H,3,8-11H2,1-2H3,(H,20,23)/t13-/m1/s1. The van der Waals surface area contributed by atoms with E-state index in [1.807, 2.05) is 0 Å². The Morgan fingerprint density at radius 2 is 2.12 bits per heavy atom. The minimum atomic E-state index is -4.43. The van der Waals surface area contributed by atoms with E-state index in [0.29, 0.717) is 12.2 Å². The number of nitrogens with one attached hydrogen (secondary N) is 1. The van der Waals surface area contributed by atoms with Gasteiger partial charge in [0.25, 0.3) is 0 Å². The van der Waals surface area contributed by atoms with Crippen LogP contribution < -0.4 is 10.1 Å². The van der Waals surface area contributed by atoms with Crippen LogP contribution in [-0.4, -0.2) is 54.9 Å². The lowest BCUT2D eigenvalue weighted by Gasteiger charge is -2.29. The number of benzene rings is 1. The van der Waals surface area contributed by atoms with E-state index in [2.05, 4.69) is 5.32 Å². The molecule has 0 heterocycles. The largest absolute Gasteiger partial charge is 0.497 e. The molecule has 1 aromatic rings. The Labute approximate surface area is 139 Å². The minimum absolute atomic E-state index is 0.186. The highest BCUT2D eigenvalue weighted by atomic mass is 19.4. The van der Waals surface area contributed by atoms with Gasteiger partial charge in [0.1, 0.15) is 5.75 Å². The average molecular weight is 348 g/mol. The molecule has 0 bridgehead atoms. The molecule has 1 rings (SSSR count). The predicted molar refractivity (Wildman–Crippen MR) is 83.6 cm³/mol. The predicted octanol–water partition coefficient (Wildman–Crippen LogP) is 1.95. The number of carbonyl (C=O) groups is 1. The first kappa shape index (κ1) is 20.2. The number of methoxy groups -OCH3 is 1. The second-order valence-corrected chi connectivity index (χ2v) is 5.39. The van der Waals surface area contributed by atoms with Crippen LogP contribution in [0.5, 0.6) is 5.75 Å². The van der Waals surface area contributed by atoms with Crippen molar-refractivity contribution >= 4 is 5.91 Å². The molecule has 0 aromatic heterocycles. The van der Waals surface area contributed by atoms with Gasteiger partial charge in [-0.3, -0.25) is 9.69 Å². The summed E-state index contributed by atoms with van der Waals surface area (Å²) < 4.78 is 43.0. The maximum absolute atomic E-state index is 12.7. The summed E-state index contributed by atoms with van der Waals surface area (Å²) in [4.78, 5) is 12.9. The number of rotatable bonds is 9. The highest BCUT2D eigenvalue weighted by Gasteiger charge is 2.34. The van der Waals surface area contributed by atoms with Crippen molar-refractivity contribution in [2.24, 2.45) is 0 Å². The third kappa shape index (κ3) is 7.18. The summed E-state index contributed by atoms with van der Waals surface area (Å²) in [6, 6.07) is 6.31. The summed E-state index contributed by atoms with van der Waals surface area (Å²) in [5.41, 5.74) is 0.777. The number of ether oxygens (including phenoxy) is 1. The van der Waals surface area contributed by atoms with Crippen LogP contribution in [0.15, 0.2) is 24.3 Å². The number of halogens is 3. The molecule has 0 unspecified atom stereocenters. The van der Waals surface area contributed by atoms with Gasteiger partial charge < -0.3 is 15.2 Å². The summed E-state index contributed by atoms with van der Waals surface area (Å²) >= 11 is 0. The van der Waals surface area contributed by atoms with Crippen LogP contribution in [0.1, 0.15) is 18.9 Å². The molecule has 24 heavy (non-hydrogen) atoms. The Morgan fingerprint density at radius 3 is 2.67 bits per heavy atom. The quantitative estimate of drug-likeness (QED) is 0.716. The third-order valence-corrected chi connectivity index (χ3v) is 3.55. The molecule has 1 atom stereocenters. The van der Waals surface area contributed by atoms with Crippen molar-refractivity contribution in [3.05, 3.63) is 29.8 Å². The number of hydrogen-bond acceptors (Lipinski definition) is 4. The van der Waals surface area contributed by atoms with E-state index in [4.69, 9.17) is 4.74 Å². The molecular weight excluding hydrogens is 325 g/mol. The highest BCUT2D eigenvalue weighted by molar-refractivity contribution is 5.78. The van der Waals surface area contributed by atoms with Gasteiger partial charge in [-0.15, -0.1) is 0 Å². The van der Waals surface area contributed by atoms with Gasteiger partial charge in [-0.1, -0.05) is 19.1 Å². The number of aliphatic hydroxyl groups excluding tert-OH is 1. The normalized spacial score (nSPS) is 13.0. The first-order valence-corrected chi connectivity index (χ1v) is 7.60. The van der Waals surface area contributed by atoms with Gasteiger partial charge in [0, 0.05) is 12.6 Å². The molecule has 0 aliphatic rings. The SMILES string of the molecule is CC[C@H](CO)N(CC(=O)NCc1cccc(OC)c1)CC(F)(F)F. The molecule has 1 amide bonds. The van der Waals surface area contributed by atoms with Crippen molar-refractivity contribution < 1.29 is 27.8 Å². The lowest BCUT2D eigenvalue weighted by Crippen LogP contribution is -2.48. The maximum Gasteiger partial charge on any atom is 0.401 e. The molecule has 0 saturated heterocycles. The van der Waals surface area contributed by atoms with Crippen molar-refractivity contribution in [3.63, 3.8) is 0 Å². The van der Waals surface area contributed by atoms with Crippen LogP contribution in [-0.2, 0) is 11.3 Å². The van der Waals surface area contributed by atoms with Gasteiger partial charge in [-0.25, -0.2) is 0 Å². The lowest BCUT2D eigenvalue weighted by atomic mass is 10.2. The second kappa shape index (κ2) is 9.48. The molecule has 0 spiro atoms. The molecule has 5 nitrogen and oxygen atoms in total. The molecule has 1 aromatic carbocycles. The molecule has 136 valence electrons. The Kier molecular flexibility index (Phi) is 8.00. The van der Waals surface area contributed by atoms with E-state index in [0.717, 1.165) is 10.5 Å². The van der Waals surface area contributed by atoms with Crippen molar-refractivity contribution in [1.29, 1.82) is 0 Å². The van der Waals surface area contributed by atoms with Gasteiger partial charge in [0.05, 0.1) is 26.8 Å². The first-order chi connectivity index (χ1) is 11.3. The molecule has 0 aliphatic heterocycles. The van der Waals surface area contributed by atoms with E-state index >= 15 is 0 Å². The Bertz CT molecular complexity index is 520. The van der Waals surface area contributed by atoms with E-state index in [1.54, 1.807) is 31.2 Å². The topological polar surface area (TPSA) is 61.8 Å². The van der Waals surface area contributed by atoms with Crippen LogP contribution in [0, 0.1) is 0 Å². The summed E-state index contributed by atoms with van der Waals surface area (Å²) in [5.74, 6) is 0.0979. The lowest BCUT2D eigenvalue weighted by molar-refractivity contribution is -0.155. The zero-order chi connectivity index (χ0) is 18.2. The molecule has 0 radical (unpaired) electrons. The number of nitrogens with zero attached hydrogens (tertiary/aromatic N) is 1. The summed E-state index contributed by atoms with van der Waals surface area (Å²) in [6.45, 7) is -0.249. The summed E-state index contributed by atoms with van der Waals surface area (Å²) in [6.07, 6.45) is -4.12. The van der Waals surface area contributed by atoms with Crippen LogP contribution >= 0.6 is 0 Å². The Balaban J connectivity index is 2.63. The van der Waals surface area contributed by atoms with E-state index in [1.165, 1.54) is 7.11 Å². The molecule has 8 heteroatoms. The fourth-order valence-electron chi connectivity index (χ4n) is 2.27. The van der Waals surface area contributed by atoms with Crippen LogP contribution in [0.4, 0.5) is 13.2 Å². The second-order valence-electron chi connectivity index (χ2n) is 5.39. The monoisotopic (exact) mass is 348 g/mol. The Hall–Kier alpha value is -1.80. The van der Waals surface area contributed by atoms with Crippen LogP contribution in [0.25, 0.3) is 0 Å². The number of carbonyl (C=O) groups excluding carboxylic acids is 1. The van der Waals surface area contributed by atoms with Gasteiger partial charge >= 0.3 is 6.18 Å². The van der Waals surface area contributed by atoms with Crippen molar-refractivity contribution in [3.8, 4) is 5.75 Å². The van der Waals surface area contributed by atoms with Crippen LogP contribution in [0.2, 0.25) is 0 Å². The van der Waals surface area contributed by atoms with Crippen molar-refractivity contribution in [2.45, 2.75) is 32.1 Å². The zero-order valence-electron chi connectivity index (χ0n) is 13.8. The van der Waals surface area contributed by atoms with Crippen molar-refractivity contribution in [1.82, 2.24) is 10.2 Å². The molecule has 0 saturated carbocycles. The van der Waals surface area contributed by atoms with Gasteiger partial charge in [0.2, 0.25) is 5.91 Å². The Morgan fingerprint density at radius 1 is 1.42 bits per heavy atom. The van der Waals surface area contributed by atoms with E-state index < -0.39 is 37.8 Å². The fourth-order valence-corrected chi connectivity index (χ4v) is 2.27. The van der Waals surface area contributed by atoms with Gasteiger partial charge in [-0.05, 0) is 24.1 Å². The molecule has 0 aliphatic carbocycles. The highest BCUT2D eigenvalue weighted by Crippen LogP contribution is 2.19. The van der Waals surface area contributed by atoms with E-state index in [9.17, 15) is 23.1 Å². The molecule has 0 fully saturated rings. The van der Waals surface area contributed by atoms with Gasteiger partial charge in [-0.2, -0.15) is 13.2 Å². The third-order valence-electron chi connectivity index (χ3n) is 3.55. The van der Waals surface area contributed by atoms with Crippen molar-refractivity contribution in [2.75, 3.05) is 26.8 Å². The number of alkyl halides is 3. The summed E-state index contributed by atoms with van der Waals surface area (Å²) in [7, 11) is 1.52. The molecular formula is C16H23F3N2O3. The van der Waals surface area contributed by atoms with Crippen LogP contribution in [0.3, 0.4) is 0 Å². The first-order valence-electron chi connectivity index (χ1n) is 7.60. The smallest absolute Gasteiger partial charge is 0.401 e. The van der Waals surface area contributed by atoms with Gasteiger partial charge in [0.15, 0.2) is 0 Å². The summed E-state index contributed by atoms with van der Waals surface area (Å²) in [5, 5.41) is 11.8. The zero-order valence-corrected chi connectivity index (χ0v) is 13.8. The average Bonchev–Trinajstić information content (AvgIpc) is 2.52. The number of amides is 1. The number of hydrogen-bond donors (Lipinski definition) is 2. The molecule has 2 N–H and O–H groups in total. The number of aliphatic hydroxyl groups is 1. The maximum atomic E-state index is 12.7. The fraction of sp³-hybridized carbons (Fsp3) is 0.562. The minimum Gasteiger partial charge on any atom is -0.497 e.